The molecule has 2 rings (SSSR count). The van der Waals surface area contributed by atoms with Crippen molar-refractivity contribution in [3.8, 4) is 0 Å². The van der Waals surface area contributed by atoms with E-state index in [1.165, 1.54) is 6.07 Å². The second-order valence-corrected chi connectivity index (χ2v) is 4.64. The molecule has 9 heteroatoms. The number of allylic oxidation sites excluding steroid dienone is 2. The zero-order valence-corrected chi connectivity index (χ0v) is 11.4. The minimum atomic E-state index is -4.61. The normalized spacial score (nSPS) is 15.9. The van der Waals surface area contributed by atoms with Crippen LogP contribution in [0.15, 0.2) is 22.8 Å². The molecule has 0 saturated carbocycles. The Morgan fingerprint density at radius 2 is 2.14 bits per heavy atom. The SMILES string of the molecule is NC(=O)c1cc(N=CC=C(N)C(F)(F)F)c2c(n1)CNCC2. The summed E-state index contributed by atoms with van der Waals surface area (Å²) < 4.78 is 36.9. The van der Waals surface area contributed by atoms with Gasteiger partial charge in [0, 0.05) is 18.3 Å². The second kappa shape index (κ2) is 6.14. The van der Waals surface area contributed by atoms with Gasteiger partial charge in [0.05, 0.1) is 11.4 Å². The quantitative estimate of drug-likeness (QED) is 0.722. The average molecular weight is 313 g/mol. The summed E-state index contributed by atoms with van der Waals surface area (Å²) in [5.41, 5.74) is 10.6. The van der Waals surface area contributed by atoms with Crippen LogP contribution >= 0.6 is 0 Å². The third-order valence-corrected chi connectivity index (χ3v) is 3.08. The fraction of sp³-hybridized carbons (Fsp3) is 0.308. The molecular weight excluding hydrogens is 299 g/mol. The Balaban J connectivity index is 2.37. The monoisotopic (exact) mass is 313 g/mol. The Morgan fingerprint density at radius 1 is 1.41 bits per heavy atom. The number of nitrogens with one attached hydrogen (secondary N) is 1. The molecule has 0 aliphatic carbocycles. The van der Waals surface area contributed by atoms with Gasteiger partial charge in [0.2, 0.25) is 0 Å². The maximum absolute atomic E-state index is 12.3. The number of carbonyl (C=O) groups excluding carboxylic acids is 1. The molecule has 2 heterocycles. The molecule has 1 aliphatic heterocycles. The van der Waals surface area contributed by atoms with E-state index < -0.39 is 17.8 Å². The van der Waals surface area contributed by atoms with Gasteiger partial charge < -0.3 is 16.8 Å². The van der Waals surface area contributed by atoms with E-state index in [0.29, 0.717) is 37.0 Å². The number of amides is 1. The van der Waals surface area contributed by atoms with Crippen LogP contribution in [-0.4, -0.2) is 29.8 Å². The van der Waals surface area contributed by atoms with Crippen LogP contribution in [0.4, 0.5) is 18.9 Å². The van der Waals surface area contributed by atoms with E-state index in [1.54, 1.807) is 0 Å². The first-order chi connectivity index (χ1) is 10.3. The van der Waals surface area contributed by atoms with Crippen molar-refractivity contribution in [1.82, 2.24) is 10.3 Å². The van der Waals surface area contributed by atoms with E-state index in [2.05, 4.69) is 15.3 Å². The van der Waals surface area contributed by atoms with Crippen LogP contribution in [0.2, 0.25) is 0 Å². The maximum Gasteiger partial charge on any atom is 0.430 e. The third kappa shape index (κ3) is 3.61. The first-order valence-electron chi connectivity index (χ1n) is 6.39. The van der Waals surface area contributed by atoms with Gasteiger partial charge >= 0.3 is 6.18 Å². The van der Waals surface area contributed by atoms with Crippen molar-refractivity contribution in [2.45, 2.75) is 19.1 Å². The minimum Gasteiger partial charge on any atom is -0.395 e. The smallest absolute Gasteiger partial charge is 0.395 e. The van der Waals surface area contributed by atoms with Gasteiger partial charge in [-0.05, 0) is 25.1 Å². The van der Waals surface area contributed by atoms with Crippen molar-refractivity contribution < 1.29 is 18.0 Å². The number of hydrogen-bond donors (Lipinski definition) is 3. The number of carbonyl (C=O) groups is 1. The minimum absolute atomic E-state index is 0.0161. The summed E-state index contributed by atoms with van der Waals surface area (Å²) in [4.78, 5) is 19.3. The zero-order chi connectivity index (χ0) is 16.3. The average Bonchev–Trinajstić information content (AvgIpc) is 2.45. The van der Waals surface area contributed by atoms with Crippen molar-refractivity contribution in [2.75, 3.05) is 6.54 Å². The summed E-state index contributed by atoms with van der Waals surface area (Å²) in [6.07, 6.45) is -2.39. The van der Waals surface area contributed by atoms with Gasteiger partial charge in [-0.25, -0.2) is 4.98 Å². The fourth-order valence-electron chi connectivity index (χ4n) is 1.98. The number of nitrogens with two attached hydrogens (primary N) is 2. The van der Waals surface area contributed by atoms with E-state index in [1.807, 2.05) is 0 Å². The molecule has 0 radical (unpaired) electrons. The predicted octanol–water partition coefficient (Wildman–Crippen LogP) is 0.933. The van der Waals surface area contributed by atoms with Crippen LogP contribution in [0.5, 0.6) is 0 Å². The van der Waals surface area contributed by atoms with Gasteiger partial charge in [0.25, 0.3) is 5.91 Å². The summed E-state index contributed by atoms with van der Waals surface area (Å²) in [6, 6.07) is 1.36. The maximum atomic E-state index is 12.3. The molecule has 118 valence electrons. The standard InChI is InChI=1S/C13H14F3N5O/c14-13(15,16)11(17)2-4-20-8-5-9(12(18)22)21-10-6-19-3-1-7(8)10/h2,4-5,19H,1,3,6,17H2,(H2,18,22). The van der Waals surface area contributed by atoms with Gasteiger partial charge in [-0.2, -0.15) is 13.2 Å². The largest absolute Gasteiger partial charge is 0.430 e. The van der Waals surface area contributed by atoms with Gasteiger partial charge in [0.15, 0.2) is 0 Å². The molecule has 0 unspecified atom stereocenters. The number of aromatic nitrogens is 1. The van der Waals surface area contributed by atoms with E-state index in [0.717, 1.165) is 11.8 Å². The highest BCUT2D eigenvalue weighted by molar-refractivity contribution is 5.92. The first-order valence-corrected chi connectivity index (χ1v) is 6.39. The third-order valence-electron chi connectivity index (χ3n) is 3.08. The van der Waals surface area contributed by atoms with Gasteiger partial charge in [-0.15, -0.1) is 0 Å². The molecule has 0 fully saturated rings. The second-order valence-electron chi connectivity index (χ2n) is 4.64. The molecule has 22 heavy (non-hydrogen) atoms. The summed E-state index contributed by atoms with van der Waals surface area (Å²) in [5.74, 6) is -0.727. The molecule has 0 aromatic carbocycles. The molecule has 1 amide bonds. The lowest BCUT2D eigenvalue weighted by molar-refractivity contribution is -0.0925. The van der Waals surface area contributed by atoms with Crippen LogP contribution < -0.4 is 16.8 Å². The van der Waals surface area contributed by atoms with Crippen LogP contribution in [0.1, 0.15) is 21.7 Å². The number of fused-ring (bicyclic) bond motifs is 1. The fourth-order valence-corrected chi connectivity index (χ4v) is 1.98. The Bertz CT molecular complexity index is 652. The Hall–Kier alpha value is -2.42. The lowest BCUT2D eigenvalue weighted by Gasteiger charge is -2.18. The summed E-state index contributed by atoms with van der Waals surface area (Å²) in [5, 5.41) is 3.08. The number of halogens is 3. The molecule has 0 bridgehead atoms. The molecular formula is C13H14F3N5O. The summed E-state index contributed by atoms with van der Waals surface area (Å²) in [6.45, 7) is 1.13. The van der Waals surface area contributed by atoms with E-state index in [4.69, 9.17) is 11.5 Å². The number of nitrogens with zero attached hydrogens (tertiary/aromatic N) is 2. The van der Waals surface area contributed by atoms with Crippen LogP contribution in [-0.2, 0) is 13.0 Å². The highest BCUT2D eigenvalue weighted by Crippen LogP contribution is 2.26. The molecule has 1 aliphatic rings. The van der Waals surface area contributed by atoms with Crippen molar-refractivity contribution in [2.24, 2.45) is 16.5 Å². The van der Waals surface area contributed by atoms with Crippen molar-refractivity contribution in [3.63, 3.8) is 0 Å². The highest BCUT2D eigenvalue weighted by atomic mass is 19.4. The lowest BCUT2D eigenvalue weighted by Crippen LogP contribution is -2.26. The Labute approximate surface area is 124 Å². The number of pyridine rings is 1. The van der Waals surface area contributed by atoms with Crippen LogP contribution in [0, 0.1) is 0 Å². The topological polar surface area (TPSA) is 106 Å². The van der Waals surface area contributed by atoms with E-state index >= 15 is 0 Å². The first kappa shape index (κ1) is 16.0. The predicted molar refractivity (Wildman–Crippen MR) is 74.6 cm³/mol. The molecule has 5 N–H and O–H groups in total. The van der Waals surface area contributed by atoms with Crippen molar-refractivity contribution >= 4 is 17.8 Å². The summed E-state index contributed by atoms with van der Waals surface area (Å²) >= 11 is 0. The number of primary amides is 1. The van der Waals surface area contributed by atoms with Gasteiger partial charge in [-0.3, -0.25) is 9.79 Å². The Morgan fingerprint density at radius 3 is 2.77 bits per heavy atom. The molecule has 1 aromatic heterocycles. The molecule has 1 aromatic rings. The highest BCUT2D eigenvalue weighted by Gasteiger charge is 2.30. The molecule has 0 saturated heterocycles. The zero-order valence-electron chi connectivity index (χ0n) is 11.4. The molecule has 0 atom stereocenters. The Kier molecular flexibility index (Phi) is 4.45. The van der Waals surface area contributed by atoms with E-state index in [9.17, 15) is 18.0 Å². The number of alkyl halides is 3. The molecule has 0 spiro atoms. The number of hydrogen-bond acceptors (Lipinski definition) is 5. The van der Waals surface area contributed by atoms with Crippen molar-refractivity contribution in [1.29, 1.82) is 0 Å². The van der Waals surface area contributed by atoms with Gasteiger partial charge in [-0.1, -0.05) is 0 Å². The summed E-state index contributed by atoms with van der Waals surface area (Å²) in [7, 11) is 0. The van der Waals surface area contributed by atoms with Crippen LogP contribution in [0.25, 0.3) is 0 Å². The number of rotatable bonds is 3. The lowest BCUT2D eigenvalue weighted by atomic mass is 10.0. The van der Waals surface area contributed by atoms with Gasteiger partial charge in [0.1, 0.15) is 11.4 Å². The van der Waals surface area contributed by atoms with E-state index in [-0.39, 0.29) is 5.69 Å². The molecule has 6 nitrogen and oxygen atoms in total. The van der Waals surface area contributed by atoms with Crippen molar-refractivity contribution in [3.05, 3.63) is 34.8 Å². The van der Waals surface area contributed by atoms with Crippen LogP contribution in [0.3, 0.4) is 0 Å². The number of aliphatic imine (C=N–C) groups is 1.